The Kier molecular flexibility index (Phi) is 4.55. The fraction of sp³-hybridized carbons (Fsp3) is 0.381. The van der Waals surface area contributed by atoms with Gasteiger partial charge in [-0.3, -0.25) is 9.69 Å². The van der Waals surface area contributed by atoms with Crippen molar-refractivity contribution in [2.24, 2.45) is 0 Å². The average molecular weight is 336 g/mol. The number of carbonyl (C=O) groups is 1. The molecule has 4 heteroatoms. The van der Waals surface area contributed by atoms with E-state index in [1.54, 1.807) is 0 Å². The van der Waals surface area contributed by atoms with Gasteiger partial charge in [0, 0.05) is 25.3 Å². The molecule has 2 aliphatic heterocycles. The Bertz CT molecular complexity index is 719. The van der Waals surface area contributed by atoms with Crippen molar-refractivity contribution in [1.82, 2.24) is 4.90 Å². The van der Waals surface area contributed by atoms with Crippen molar-refractivity contribution in [3.8, 4) is 0 Å². The molecule has 4 nitrogen and oxygen atoms in total. The van der Waals surface area contributed by atoms with E-state index >= 15 is 0 Å². The van der Waals surface area contributed by atoms with E-state index in [1.165, 1.54) is 5.56 Å². The largest absolute Gasteiger partial charge is 0.362 e. The molecule has 1 atom stereocenters. The Hall–Kier alpha value is -2.17. The minimum atomic E-state index is -0.222. The molecule has 2 saturated heterocycles. The SMILES string of the molecule is O=C1COC2(CCN(CCc3ccccc3)C2)CN1c1ccccc1. The lowest BCUT2D eigenvalue weighted by Gasteiger charge is -2.40. The molecule has 0 aromatic heterocycles. The van der Waals surface area contributed by atoms with E-state index in [0.717, 1.165) is 38.2 Å². The van der Waals surface area contributed by atoms with Gasteiger partial charge in [-0.15, -0.1) is 0 Å². The highest BCUT2D eigenvalue weighted by atomic mass is 16.5. The zero-order valence-corrected chi connectivity index (χ0v) is 14.4. The van der Waals surface area contributed by atoms with Crippen molar-refractivity contribution in [3.63, 3.8) is 0 Å². The second-order valence-electron chi connectivity index (χ2n) is 7.05. The second kappa shape index (κ2) is 6.98. The Morgan fingerprint density at radius 2 is 1.68 bits per heavy atom. The molecule has 1 amide bonds. The molecule has 0 saturated carbocycles. The number of nitrogens with zero attached hydrogens (tertiary/aromatic N) is 2. The lowest BCUT2D eigenvalue weighted by molar-refractivity contribution is -0.137. The summed E-state index contributed by atoms with van der Waals surface area (Å²) in [6, 6.07) is 20.5. The first-order valence-corrected chi connectivity index (χ1v) is 9.00. The van der Waals surface area contributed by atoms with Crippen LogP contribution in [0.3, 0.4) is 0 Å². The summed E-state index contributed by atoms with van der Waals surface area (Å²) in [6.45, 7) is 3.80. The predicted octanol–water partition coefficient (Wildman–Crippen LogP) is 2.74. The summed E-state index contributed by atoms with van der Waals surface area (Å²) in [5, 5.41) is 0. The highest BCUT2D eigenvalue weighted by molar-refractivity contribution is 5.95. The van der Waals surface area contributed by atoms with Gasteiger partial charge in [0.2, 0.25) is 0 Å². The number of morpholine rings is 1. The van der Waals surface area contributed by atoms with Crippen LogP contribution >= 0.6 is 0 Å². The van der Waals surface area contributed by atoms with Crippen LogP contribution in [0.4, 0.5) is 5.69 Å². The minimum Gasteiger partial charge on any atom is -0.362 e. The summed E-state index contributed by atoms with van der Waals surface area (Å²) in [7, 11) is 0. The van der Waals surface area contributed by atoms with Gasteiger partial charge in [0.25, 0.3) is 5.91 Å². The van der Waals surface area contributed by atoms with Crippen molar-refractivity contribution >= 4 is 11.6 Å². The third kappa shape index (κ3) is 3.60. The molecule has 1 spiro atoms. The zero-order chi connectivity index (χ0) is 17.1. The van der Waals surface area contributed by atoms with Gasteiger partial charge in [-0.1, -0.05) is 48.5 Å². The molecule has 2 fully saturated rings. The zero-order valence-electron chi connectivity index (χ0n) is 14.4. The molecular formula is C21H24N2O2. The second-order valence-corrected chi connectivity index (χ2v) is 7.05. The van der Waals surface area contributed by atoms with Crippen molar-refractivity contribution in [2.75, 3.05) is 37.7 Å². The maximum atomic E-state index is 12.3. The van der Waals surface area contributed by atoms with Crippen LogP contribution < -0.4 is 4.90 Å². The average Bonchev–Trinajstić information content (AvgIpc) is 3.07. The Morgan fingerprint density at radius 3 is 2.44 bits per heavy atom. The van der Waals surface area contributed by atoms with Crippen LogP contribution in [0.15, 0.2) is 60.7 Å². The van der Waals surface area contributed by atoms with Gasteiger partial charge in [0.1, 0.15) is 12.2 Å². The van der Waals surface area contributed by atoms with Crippen LogP contribution in [0, 0.1) is 0 Å². The van der Waals surface area contributed by atoms with Gasteiger partial charge in [-0.05, 0) is 30.5 Å². The molecule has 1 unspecified atom stereocenters. The van der Waals surface area contributed by atoms with Crippen molar-refractivity contribution < 1.29 is 9.53 Å². The number of likely N-dealkylation sites (tertiary alicyclic amines) is 1. The van der Waals surface area contributed by atoms with Crippen LogP contribution in [-0.2, 0) is 16.0 Å². The smallest absolute Gasteiger partial charge is 0.253 e. The fourth-order valence-corrected chi connectivity index (χ4v) is 3.86. The molecule has 0 radical (unpaired) electrons. The lowest BCUT2D eigenvalue weighted by Crippen LogP contribution is -2.56. The maximum absolute atomic E-state index is 12.3. The van der Waals surface area contributed by atoms with Crippen molar-refractivity contribution in [1.29, 1.82) is 0 Å². The lowest BCUT2D eigenvalue weighted by atomic mass is 10.00. The molecular weight excluding hydrogens is 312 g/mol. The molecule has 0 aliphatic carbocycles. The van der Waals surface area contributed by atoms with Gasteiger partial charge in [0.15, 0.2) is 0 Å². The Balaban J connectivity index is 1.40. The van der Waals surface area contributed by atoms with E-state index in [1.807, 2.05) is 35.2 Å². The van der Waals surface area contributed by atoms with Crippen LogP contribution in [0.25, 0.3) is 0 Å². The Labute approximate surface area is 149 Å². The number of hydrogen-bond donors (Lipinski definition) is 0. The number of para-hydroxylation sites is 1. The maximum Gasteiger partial charge on any atom is 0.253 e. The fourth-order valence-electron chi connectivity index (χ4n) is 3.86. The van der Waals surface area contributed by atoms with Crippen LogP contribution in [0.1, 0.15) is 12.0 Å². The van der Waals surface area contributed by atoms with Gasteiger partial charge in [-0.25, -0.2) is 0 Å². The summed E-state index contributed by atoms with van der Waals surface area (Å²) in [5.41, 5.74) is 2.12. The van der Waals surface area contributed by atoms with E-state index in [9.17, 15) is 4.79 Å². The van der Waals surface area contributed by atoms with E-state index in [2.05, 4.69) is 35.2 Å². The summed E-state index contributed by atoms with van der Waals surface area (Å²) in [5.74, 6) is 0.0551. The molecule has 4 rings (SSSR count). The highest BCUT2D eigenvalue weighted by Crippen LogP contribution is 2.32. The van der Waals surface area contributed by atoms with E-state index < -0.39 is 0 Å². The first-order valence-electron chi connectivity index (χ1n) is 9.00. The predicted molar refractivity (Wildman–Crippen MR) is 98.7 cm³/mol. The first-order chi connectivity index (χ1) is 12.2. The number of ether oxygens (including phenoxy) is 1. The molecule has 2 aliphatic rings. The van der Waals surface area contributed by atoms with Gasteiger partial charge in [0.05, 0.1) is 6.54 Å². The number of amides is 1. The first kappa shape index (κ1) is 16.3. The number of benzene rings is 2. The topological polar surface area (TPSA) is 32.8 Å². The standard InChI is InChI=1S/C21H24N2O2/c24-20-15-25-21(17-23(20)19-9-5-2-6-10-19)12-14-22(16-21)13-11-18-7-3-1-4-8-18/h1-10H,11-17H2. The number of carbonyl (C=O) groups excluding carboxylic acids is 1. The summed E-state index contributed by atoms with van der Waals surface area (Å²) in [4.78, 5) is 16.7. The molecule has 25 heavy (non-hydrogen) atoms. The third-order valence-electron chi connectivity index (χ3n) is 5.27. The van der Waals surface area contributed by atoms with Gasteiger partial charge < -0.3 is 9.64 Å². The molecule has 2 aromatic rings. The van der Waals surface area contributed by atoms with Crippen LogP contribution in [0.5, 0.6) is 0 Å². The third-order valence-corrected chi connectivity index (χ3v) is 5.27. The monoisotopic (exact) mass is 336 g/mol. The summed E-state index contributed by atoms with van der Waals surface area (Å²) < 4.78 is 6.04. The quantitative estimate of drug-likeness (QED) is 0.861. The van der Waals surface area contributed by atoms with Crippen molar-refractivity contribution in [2.45, 2.75) is 18.4 Å². The number of rotatable bonds is 4. The van der Waals surface area contributed by atoms with Gasteiger partial charge in [-0.2, -0.15) is 0 Å². The minimum absolute atomic E-state index is 0.0551. The molecule has 130 valence electrons. The molecule has 0 bridgehead atoms. The molecule has 2 aromatic carbocycles. The Morgan fingerprint density at radius 1 is 0.960 bits per heavy atom. The van der Waals surface area contributed by atoms with Crippen LogP contribution in [0.2, 0.25) is 0 Å². The number of anilines is 1. The van der Waals surface area contributed by atoms with E-state index in [4.69, 9.17) is 4.74 Å². The normalized spacial score (nSPS) is 24.2. The van der Waals surface area contributed by atoms with Gasteiger partial charge >= 0.3 is 0 Å². The van der Waals surface area contributed by atoms with Crippen molar-refractivity contribution in [3.05, 3.63) is 66.2 Å². The highest BCUT2D eigenvalue weighted by Gasteiger charge is 2.45. The van der Waals surface area contributed by atoms with E-state index in [0.29, 0.717) is 6.54 Å². The number of hydrogen-bond acceptors (Lipinski definition) is 3. The summed E-state index contributed by atoms with van der Waals surface area (Å²) >= 11 is 0. The van der Waals surface area contributed by atoms with E-state index in [-0.39, 0.29) is 18.1 Å². The molecule has 2 heterocycles. The summed E-state index contributed by atoms with van der Waals surface area (Å²) in [6.07, 6.45) is 2.04. The molecule has 0 N–H and O–H groups in total. The van der Waals surface area contributed by atoms with Crippen LogP contribution in [-0.4, -0.2) is 49.2 Å².